The summed E-state index contributed by atoms with van der Waals surface area (Å²) >= 11 is 0. The van der Waals surface area contributed by atoms with Gasteiger partial charge in [0.25, 0.3) is 0 Å². The van der Waals surface area contributed by atoms with Gasteiger partial charge >= 0.3 is 0 Å². The first-order valence-corrected chi connectivity index (χ1v) is 6.12. The first-order chi connectivity index (χ1) is 8.08. The highest BCUT2D eigenvalue weighted by atomic mass is 16.1. The molecule has 1 aliphatic carbocycles. The van der Waals surface area contributed by atoms with E-state index in [1.54, 1.807) is 0 Å². The van der Waals surface area contributed by atoms with Crippen LogP contribution in [0.3, 0.4) is 0 Å². The van der Waals surface area contributed by atoms with Crippen molar-refractivity contribution in [3.8, 4) is 0 Å². The number of rotatable bonds is 4. The second-order valence-corrected chi connectivity index (χ2v) is 4.92. The third-order valence-electron chi connectivity index (χ3n) is 3.20. The van der Waals surface area contributed by atoms with Gasteiger partial charge in [-0.3, -0.25) is 4.79 Å². The van der Waals surface area contributed by atoms with Crippen molar-refractivity contribution >= 4 is 11.7 Å². The highest BCUT2D eigenvalue weighted by Crippen LogP contribution is 2.22. The molecule has 0 saturated carbocycles. The van der Waals surface area contributed by atoms with Gasteiger partial charge in [0.1, 0.15) is 11.9 Å². The zero-order valence-corrected chi connectivity index (χ0v) is 10.4. The molecule has 1 aromatic rings. The van der Waals surface area contributed by atoms with E-state index in [1.165, 1.54) is 12.0 Å². The van der Waals surface area contributed by atoms with Gasteiger partial charge in [-0.2, -0.15) is 0 Å². The molecule has 0 aliphatic heterocycles. The van der Waals surface area contributed by atoms with Crippen molar-refractivity contribution in [3.63, 3.8) is 0 Å². The molecule has 0 fully saturated rings. The van der Waals surface area contributed by atoms with Gasteiger partial charge in [0.05, 0.1) is 0 Å². The average Bonchev–Trinajstić information content (AvgIpc) is 2.71. The molecule has 0 aromatic carbocycles. The Balaban J connectivity index is 2.15. The number of amides is 1. The summed E-state index contributed by atoms with van der Waals surface area (Å²) in [6.45, 7) is 3.94. The van der Waals surface area contributed by atoms with E-state index in [0.29, 0.717) is 0 Å². The van der Waals surface area contributed by atoms with Gasteiger partial charge < -0.3 is 11.1 Å². The van der Waals surface area contributed by atoms with Gasteiger partial charge in [-0.05, 0) is 36.8 Å². The minimum atomic E-state index is -0.359. The maximum Gasteiger partial charge on any atom is 0.240 e. The zero-order chi connectivity index (χ0) is 12.4. The normalized spacial score (nSPS) is 15.7. The lowest BCUT2D eigenvalue weighted by Crippen LogP contribution is -2.39. The molecule has 1 aliphatic rings. The second-order valence-electron chi connectivity index (χ2n) is 4.92. The summed E-state index contributed by atoms with van der Waals surface area (Å²) in [4.78, 5) is 15.8. The van der Waals surface area contributed by atoms with Crippen LogP contribution in [-0.2, 0) is 17.6 Å². The van der Waals surface area contributed by atoms with E-state index >= 15 is 0 Å². The molecule has 3 N–H and O–H groups in total. The first-order valence-electron chi connectivity index (χ1n) is 6.12. The quantitative estimate of drug-likeness (QED) is 0.828. The molecular weight excluding hydrogens is 214 g/mol. The molecule has 1 amide bonds. The number of pyridine rings is 1. The highest BCUT2D eigenvalue weighted by molar-refractivity contribution is 5.82. The molecule has 0 spiro atoms. The molecule has 0 saturated heterocycles. The van der Waals surface area contributed by atoms with Crippen LogP contribution in [0.4, 0.5) is 5.82 Å². The van der Waals surface area contributed by atoms with Crippen molar-refractivity contribution in [1.29, 1.82) is 0 Å². The number of carbonyl (C=O) groups excluding carboxylic acids is 1. The minimum Gasteiger partial charge on any atom is -0.368 e. The van der Waals surface area contributed by atoms with E-state index in [1.807, 2.05) is 19.9 Å². The summed E-state index contributed by atoms with van der Waals surface area (Å²) in [5, 5.41) is 3.12. The standard InChI is InChI=1S/C13H19N3O/c1-8(2)12(13(14)17)16-11-7-6-9-4-3-5-10(9)15-11/h6-8,12H,3-5H2,1-2H3,(H2,14,17)(H,15,16). The van der Waals surface area contributed by atoms with Crippen molar-refractivity contribution < 1.29 is 4.79 Å². The molecule has 1 atom stereocenters. The number of aryl methyl sites for hydroxylation is 2. The van der Waals surface area contributed by atoms with Gasteiger partial charge in [-0.1, -0.05) is 19.9 Å². The third kappa shape index (κ3) is 2.57. The monoisotopic (exact) mass is 233 g/mol. The lowest BCUT2D eigenvalue weighted by atomic mass is 10.0. The predicted molar refractivity (Wildman–Crippen MR) is 67.7 cm³/mol. The van der Waals surface area contributed by atoms with Gasteiger partial charge in [0.15, 0.2) is 0 Å². The molecular formula is C13H19N3O. The number of nitrogens with one attached hydrogen (secondary N) is 1. The summed E-state index contributed by atoms with van der Waals surface area (Å²) in [5.74, 6) is 0.577. The van der Waals surface area contributed by atoms with Gasteiger partial charge in [0.2, 0.25) is 5.91 Å². The minimum absolute atomic E-state index is 0.155. The Morgan fingerprint density at radius 1 is 1.41 bits per heavy atom. The summed E-state index contributed by atoms with van der Waals surface area (Å²) in [5.41, 5.74) is 7.85. The van der Waals surface area contributed by atoms with Crippen molar-refractivity contribution in [1.82, 2.24) is 4.98 Å². The van der Waals surface area contributed by atoms with E-state index < -0.39 is 0 Å². The molecule has 1 aromatic heterocycles. The molecule has 2 rings (SSSR count). The molecule has 92 valence electrons. The molecule has 1 heterocycles. The van der Waals surface area contributed by atoms with Gasteiger partial charge in [-0.25, -0.2) is 4.98 Å². The first kappa shape index (κ1) is 11.9. The number of nitrogens with two attached hydrogens (primary N) is 1. The van der Waals surface area contributed by atoms with Crippen LogP contribution in [0.2, 0.25) is 0 Å². The fourth-order valence-corrected chi connectivity index (χ4v) is 2.23. The van der Waals surface area contributed by atoms with Crippen LogP contribution >= 0.6 is 0 Å². The lowest BCUT2D eigenvalue weighted by molar-refractivity contribution is -0.119. The SMILES string of the molecule is CC(C)C(Nc1ccc2c(n1)CCC2)C(N)=O. The number of aromatic nitrogens is 1. The summed E-state index contributed by atoms with van der Waals surface area (Å²) < 4.78 is 0. The Labute approximate surface area is 102 Å². The summed E-state index contributed by atoms with van der Waals surface area (Å²) in [6, 6.07) is 3.67. The topological polar surface area (TPSA) is 68.0 Å². The zero-order valence-electron chi connectivity index (χ0n) is 10.4. The number of hydrogen-bond donors (Lipinski definition) is 2. The van der Waals surface area contributed by atoms with Gasteiger partial charge in [-0.15, -0.1) is 0 Å². The number of fused-ring (bicyclic) bond motifs is 1. The van der Waals surface area contributed by atoms with E-state index in [2.05, 4.69) is 16.4 Å². The number of anilines is 1. The molecule has 0 radical (unpaired) electrons. The Bertz CT molecular complexity index is 429. The van der Waals surface area contributed by atoms with Crippen LogP contribution in [0.5, 0.6) is 0 Å². The Morgan fingerprint density at radius 3 is 2.82 bits per heavy atom. The number of nitrogens with zero attached hydrogens (tertiary/aromatic N) is 1. The number of primary amides is 1. The van der Waals surface area contributed by atoms with Crippen molar-refractivity contribution in [2.24, 2.45) is 11.7 Å². The fraction of sp³-hybridized carbons (Fsp3) is 0.538. The Morgan fingerprint density at radius 2 is 2.18 bits per heavy atom. The third-order valence-corrected chi connectivity index (χ3v) is 3.20. The van der Waals surface area contributed by atoms with Crippen LogP contribution in [-0.4, -0.2) is 16.9 Å². The maximum atomic E-state index is 11.3. The fourth-order valence-electron chi connectivity index (χ4n) is 2.23. The molecule has 4 heteroatoms. The van der Waals surface area contributed by atoms with E-state index in [9.17, 15) is 4.79 Å². The van der Waals surface area contributed by atoms with E-state index in [-0.39, 0.29) is 17.9 Å². The highest BCUT2D eigenvalue weighted by Gasteiger charge is 2.20. The van der Waals surface area contributed by atoms with E-state index in [4.69, 9.17) is 5.73 Å². The van der Waals surface area contributed by atoms with Crippen LogP contribution in [0, 0.1) is 5.92 Å². The maximum absolute atomic E-state index is 11.3. The second kappa shape index (κ2) is 4.73. The molecule has 0 bridgehead atoms. The van der Waals surface area contributed by atoms with Crippen LogP contribution < -0.4 is 11.1 Å². The number of hydrogen-bond acceptors (Lipinski definition) is 3. The average molecular weight is 233 g/mol. The van der Waals surface area contributed by atoms with Crippen LogP contribution in [0.15, 0.2) is 12.1 Å². The summed E-state index contributed by atoms with van der Waals surface area (Å²) in [6.07, 6.45) is 3.33. The summed E-state index contributed by atoms with van der Waals surface area (Å²) in [7, 11) is 0. The molecule has 17 heavy (non-hydrogen) atoms. The number of carbonyl (C=O) groups is 1. The molecule has 4 nitrogen and oxygen atoms in total. The van der Waals surface area contributed by atoms with Crippen molar-refractivity contribution in [3.05, 3.63) is 23.4 Å². The molecule has 1 unspecified atom stereocenters. The predicted octanol–water partition coefficient (Wildman–Crippen LogP) is 1.49. The lowest BCUT2D eigenvalue weighted by Gasteiger charge is -2.19. The van der Waals surface area contributed by atoms with Crippen LogP contribution in [0.25, 0.3) is 0 Å². The van der Waals surface area contributed by atoms with E-state index in [0.717, 1.165) is 24.4 Å². The Kier molecular flexibility index (Phi) is 3.31. The largest absolute Gasteiger partial charge is 0.368 e. The van der Waals surface area contributed by atoms with Crippen molar-refractivity contribution in [2.45, 2.75) is 39.2 Å². The Hall–Kier alpha value is -1.58. The van der Waals surface area contributed by atoms with Crippen molar-refractivity contribution in [2.75, 3.05) is 5.32 Å². The van der Waals surface area contributed by atoms with Gasteiger partial charge in [0, 0.05) is 5.69 Å². The smallest absolute Gasteiger partial charge is 0.240 e. The van der Waals surface area contributed by atoms with Crippen LogP contribution in [0.1, 0.15) is 31.5 Å².